The lowest BCUT2D eigenvalue weighted by molar-refractivity contribution is 0.861. The average Bonchev–Trinajstić information content (AvgIpc) is 2.89. The van der Waals surface area contributed by atoms with Crippen molar-refractivity contribution < 1.29 is 0 Å². The van der Waals surface area contributed by atoms with Crippen LogP contribution in [-0.4, -0.2) is 9.55 Å². The van der Waals surface area contributed by atoms with E-state index in [0.29, 0.717) is 10.7 Å². The van der Waals surface area contributed by atoms with Crippen molar-refractivity contribution in [2.45, 2.75) is 6.92 Å². The quantitative estimate of drug-likeness (QED) is 0.671. The summed E-state index contributed by atoms with van der Waals surface area (Å²) < 4.78 is 8.98. The number of benzene rings is 1. The second-order valence-electron chi connectivity index (χ2n) is 4.16. The number of hydrogen-bond donors (Lipinski definition) is 1. The van der Waals surface area contributed by atoms with Gasteiger partial charge in [-0.2, -0.15) is 8.73 Å². The number of hydrogen-bond acceptors (Lipinski definition) is 4. The van der Waals surface area contributed by atoms with E-state index in [-0.39, 0.29) is 27.1 Å². The summed E-state index contributed by atoms with van der Waals surface area (Å²) >= 11 is 18.9. The van der Waals surface area contributed by atoms with Gasteiger partial charge in [0.05, 0.1) is 27.0 Å². The third-order valence-electron chi connectivity index (χ3n) is 2.92. The summed E-state index contributed by atoms with van der Waals surface area (Å²) in [6.45, 7) is 1.50. The van der Waals surface area contributed by atoms with Gasteiger partial charge in [-0.05, 0) is 13.0 Å². The third kappa shape index (κ3) is 2.17. The van der Waals surface area contributed by atoms with Gasteiger partial charge in [0.2, 0.25) is 0 Å². The van der Waals surface area contributed by atoms with E-state index in [2.05, 4.69) is 13.7 Å². The number of fused-ring (bicyclic) bond motifs is 1. The Balaban J connectivity index is 2.48. The molecule has 1 aliphatic heterocycles. The van der Waals surface area contributed by atoms with Crippen molar-refractivity contribution in [2.24, 2.45) is 8.73 Å². The standard InChI is InChI=1S/C11H5Cl3N4O2S/c1-3-9(14)15-11(20)18(10(3)19)8-5(13)2-4(12)6-7(8)17-21-16-6/h2H,1H3,(H,15,20). The highest BCUT2D eigenvalue weighted by Crippen LogP contribution is 2.45. The van der Waals surface area contributed by atoms with Crippen LogP contribution in [0, 0.1) is 6.92 Å². The minimum Gasteiger partial charge on any atom is -0.297 e. The molecule has 21 heavy (non-hydrogen) atoms. The zero-order valence-corrected chi connectivity index (χ0v) is 13.4. The Bertz CT molecular complexity index is 973. The fraction of sp³-hybridized carbons (Fsp3) is 0.0909. The zero-order valence-electron chi connectivity index (χ0n) is 10.3. The molecule has 0 spiro atoms. The van der Waals surface area contributed by atoms with Crippen LogP contribution in [0.3, 0.4) is 0 Å². The molecule has 2 heterocycles. The van der Waals surface area contributed by atoms with Crippen molar-refractivity contribution in [2.75, 3.05) is 0 Å². The fourth-order valence-electron chi connectivity index (χ4n) is 1.87. The lowest BCUT2D eigenvalue weighted by Crippen LogP contribution is -2.35. The number of rotatable bonds is 1. The van der Waals surface area contributed by atoms with Crippen molar-refractivity contribution in [3.8, 4) is 5.69 Å². The molecule has 0 atom stereocenters. The summed E-state index contributed by atoms with van der Waals surface area (Å²) in [4.78, 5) is 26.8. The van der Waals surface area contributed by atoms with Crippen LogP contribution in [0.4, 0.5) is 11.4 Å². The number of aromatic nitrogens is 2. The Morgan fingerprint density at radius 3 is 2.52 bits per heavy atom. The maximum absolute atomic E-state index is 12.3. The summed E-state index contributed by atoms with van der Waals surface area (Å²) in [5.41, 5.74) is -0.308. The molecule has 0 fully saturated rings. The van der Waals surface area contributed by atoms with Crippen LogP contribution in [0.15, 0.2) is 24.4 Å². The Morgan fingerprint density at radius 2 is 1.81 bits per heavy atom. The monoisotopic (exact) mass is 362 g/mol. The first-order valence-corrected chi connectivity index (χ1v) is 7.40. The molecule has 1 aromatic carbocycles. The van der Waals surface area contributed by atoms with Crippen molar-refractivity contribution in [3.63, 3.8) is 0 Å². The van der Waals surface area contributed by atoms with E-state index in [1.807, 2.05) is 0 Å². The summed E-state index contributed by atoms with van der Waals surface area (Å²) in [5.74, 6) is 0. The minimum atomic E-state index is -0.714. The van der Waals surface area contributed by atoms with Crippen LogP contribution >= 0.6 is 34.8 Å². The second kappa shape index (κ2) is 5.10. The van der Waals surface area contributed by atoms with Crippen molar-refractivity contribution in [1.29, 1.82) is 0 Å². The number of nitrogens with one attached hydrogen (secondary N) is 1. The average molecular weight is 364 g/mol. The maximum Gasteiger partial charge on any atom is 0.334 e. The molecular weight excluding hydrogens is 359 g/mol. The Hall–Kier alpha value is -1.41. The molecule has 0 saturated carbocycles. The van der Waals surface area contributed by atoms with Gasteiger partial charge < -0.3 is 0 Å². The molecule has 6 nitrogen and oxygen atoms in total. The van der Waals surface area contributed by atoms with Crippen molar-refractivity contribution >= 4 is 57.5 Å². The van der Waals surface area contributed by atoms with Gasteiger partial charge in [0.1, 0.15) is 22.2 Å². The fourth-order valence-corrected chi connectivity index (χ4v) is 3.23. The van der Waals surface area contributed by atoms with E-state index in [4.69, 9.17) is 34.8 Å². The molecular formula is C11H5Cl3N4O2S. The molecule has 1 aliphatic rings. The molecule has 108 valence electrons. The van der Waals surface area contributed by atoms with E-state index in [1.165, 1.54) is 13.0 Å². The first kappa shape index (κ1) is 14.5. The number of aromatic amines is 1. The maximum atomic E-state index is 12.3. The van der Waals surface area contributed by atoms with Gasteiger partial charge in [0.15, 0.2) is 0 Å². The SMILES string of the molecule is Cc1c(Cl)[nH]c(=O)n(-c2c(Cl)cc(Cl)c3c2N=S=N3)c1=O. The van der Waals surface area contributed by atoms with Gasteiger partial charge in [0.25, 0.3) is 5.56 Å². The summed E-state index contributed by atoms with van der Waals surface area (Å²) in [6, 6.07) is 1.41. The lowest BCUT2D eigenvalue weighted by atomic mass is 10.2. The zero-order chi connectivity index (χ0) is 15.3. The van der Waals surface area contributed by atoms with Gasteiger partial charge in [-0.3, -0.25) is 9.78 Å². The highest BCUT2D eigenvalue weighted by molar-refractivity contribution is 7.58. The first-order chi connectivity index (χ1) is 9.91. The van der Waals surface area contributed by atoms with Crippen LogP contribution in [0.1, 0.15) is 5.56 Å². The predicted octanol–water partition coefficient (Wildman–Crippen LogP) is 3.52. The highest BCUT2D eigenvalue weighted by atomic mass is 35.5. The van der Waals surface area contributed by atoms with Crippen molar-refractivity contribution in [3.05, 3.63) is 47.7 Å². The van der Waals surface area contributed by atoms with E-state index in [9.17, 15) is 9.59 Å². The van der Waals surface area contributed by atoms with Gasteiger partial charge in [0, 0.05) is 0 Å². The van der Waals surface area contributed by atoms with Crippen LogP contribution < -0.4 is 11.2 Å². The van der Waals surface area contributed by atoms with Gasteiger partial charge in [-0.15, -0.1) is 0 Å². The summed E-state index contributed by atoms with van der Waals surface area (Å²) in [6.07, 6.45) is 0. The van der Waals surface area contributed by atoms with Crippen LogP contribution in [-0.2, 0) is 11.4 Å². The second-order valence-corrected chi connectivity index (χ2v) is 5.88. The van der Waals surface area contributed by atoms with Crippen LogP contribution in [0.2, 0.25) is 15.2 Å². The minimum absolute atomic E-state index is 0.0148. The molecule has 3 rings (SSSR count). The highest BCUT2D eigenvalue weighted by Gasteiger charge is 2.23. The summed E-state index contributed by atoms with van der Waals surface area (Å²) in [5, 5.41) is 0.399. The largest absolute Gasteiger partial charge is 0.334 e. The smallest absolute Gasteiger partial charge is 0.297 e. The number of halogens is 3. The summed E-state index contributed by atoms with van der Waals surface area (Å²) in [7, 11) is 0. The van der Waals surface area contributed by atoms with Gasteiger partial charge in [-0.1, -0.05) is 34.8 Å². The Kier molecular flexibility index (Phi) is 3.53. The molecule has 0 unspecified atom stereocenters. The van der Waals surface area contributed by atoms with E-state index < -0.39 is 11.2 Å². The molecule has 2 aromatic rings. The van der Waals surface area contributed by atoms with Crippen LogP contribution in [0.5, 0.6) is 0 Å². The number of H-pyrrole nitrogens is 1. The number of nitrogens with zero attached hydrogens (tertiary/aromatic N) is 3. The van der Waals surface area contributed by atoms with Gasteiger partial charge >= 0.3 is 5.69 Å². The first-order valence-electron chi connectivity index (χ1n) is 5.54. The molecule has 0 saturated heterocycles. The predicted molar refractivity (Wildman–Crippen MR) is 84.0 cm³/mol. The van der Waals surface area contributed by atoms with Crippen LogP contribution in [0.25, 0.3) is 5.69 Å². The molecule has 0 radical (unpaired) electrons. The third-order valence-corrected chi connectivity index (χ3v) is 4.40. The molecule has 0 aliphatic carbocycles. The van der Waals surface area contributed by atoms with E-state index >= 15 is 0 Å². The van der Waals surface area contributed by atoms with E-state index in [0.717, 1.165) is 15.9 Å². The molecule has 1 N–H and O–H groups in total. The van der Waals surface area contributed by atoms with Crippen molar-refractivity contribution in [1.82, 2.24) is 9.55 Å². The Labute approximate surface area is 136 Å². The Morgan fingerprint density at radius 1 is 1.14 bits per heavy atom. The molecule has 0 amide bonds. The molecule has 0 bridgehead atoms. The molecule has 1 aromatic heterocycles. The normalized spacial score (nSPS) is 12.4. The molecule has 10 heteroatoms. The van der Waals surface area contributed by atoms with Gasteiger partial charge in [-0.25, -0.2) is 9.36 Å². The van der Waals surface area contributed by atoms with E-state index in [1.54, 1.807) is 0 Å². The lowest BCUT2D eigenvalue weighted by Gasteiger charge is -2.11. The topological polar surface area (TPSA) is 79.6 Å².